The molecule has 32 heavy (non-hydrogen) atoms. The van der Waals surface area contributed by atoms with Crippen molar-refractivity contribution in [3.05, 3.63) is 61.1 Å². The van der Waals surface area contributed by atoms with Crippen molar-refractivity contribution < 1.29 is 27.5 Å². The van der Waals surface area contributed by atoms with Crippen LogP contribution in [0.3, 0.4) is 0 Å². The van der Waals surface area contributed by atoms with E-state index >= 15 is 0 Å². The highest BCUT2D eigenvalue weighted by Gasteiger charge is 2.70. The van der Waals surface area contributed by atoms with Crippen LogP contribution in [0.15, 0.2) is 61.1 Å². The van der Waals surface area contributed by atoms with E-state index in [2.05, 4.69) is 14.8 Å². The fourth-order valence-corrected chi connectivity index (χ4v) is 4.11. The van der Waals surface area contributed by atoms with Crippen LogP contribution in [-0.2, 0) is 4.79 Å². The van der Waals surface area contributed by atoms with Gasteiger partial charge in [-0.3, -0.25) is 9.69 Å². The number of alkyl halides is 3. The van der Waals surface area contributed by atoms with Crippen molar-refractivity contribution in [3.63, 3.8) is 0 Å². The Hall–Kier alpha value is -3.89. The fraction of sp³-hybridized carbons (Fsp3) is 0.238. The molecule has 164 valence electrons. The maximum absolute atomic E-state index is 13.4. The molecule has 1 spiro atoms. The van der Waals surface area contributed by atoms with E-state index in [9.17, 15) is 22.8 Å². The third-order valence-corrected chi connectivity index (χ3v) is 5.68. The lowest BCUT2D eigenvalue weighted by Crippen LogP contribution is -2.39. The SMILES string of the molecule is CC1CC12C(=O)N(c1ccc(OC(F)(F)F)cc1)C(=O)N2c1ccnc(-n2cccn2)c1. The molecule has 2 fully saturated rings. The molecule has 2 aromatic heterocycles. The zero-order valence-electron chi connectivity index (χ0n) is 16.7. The van der Waals surface area contributed by atoms with E-state index in [-0.39, 0.29) is 11.6 Å². The number of ether oxygens (including phenoxy) is 1. The minimum Gasteiger partial charge on any atom is -0.406 e. The predicted octanol–water partition coefficient (Wildman–Crippen LogP) is 3.92. The lowest BCUT2D eigenvalue weighted by atomic mass is 10.1. The van der Waals surface area contributed by atoms with Crippen molar-refractivity contribution in [3.8, 4) is 11.6 Å². The summed E-state index contributed by atoms with van der Waals surface area (Å²) in [5, 5.41) is 4.13. The summed E-state index contributed by atoms with van der Waals surface area (Å²) in [6, 6.07) is 9.09. The quantitative estimate of drug-likeness (QED) is 0.571. The van der Waals surface area contributed by atoms with Crippen LogP contribution in [0.25, 0.3) is 5.82 Å². The lowest BCUT2D eigenvalue weighted by molar-refractivity contribution is -0.274. The van der Waals surface area contributed by atoms with Gasteiger partial charge in [-0.2, -0.15) is 5.10 Å². The van der Waals surface area contributed by atoms with Crippen LogP contribution < -0.4 is 14.5 Å². The molecule has 3 aromatic rings. The van der Waals surface area contributed by atoms with Gasteiger partial charge >= 0.3 is 12.4 Å². The molecule has 8 nitrogen and oxygen atoms in total. The minimum atomic E-state index is -4.83. The normalized spacial score (nSPS) is 22.7. The van der Waals surface area contributed by atoms with Gasteiger partial charge in [0.05, 0.1) is 11.4 Å². The molecule has 1 aromatic carbocycles. The second-order valence-electron chi connectivity index (χ2n) is 7.65. The van der Waals surface area contributed by atoms with Gasteiger partial charge in [-0.25, -0.2) is 19.4 Å². The number of urea groups is 1. The number of imide groups is 1. The summed E-state index contributed by atoms with van der Waals surface area (Å²) in [6.45, 7) is 1.87. The standard InChI is InChI=1S/C21H16F3N5O3/c1-13-12-20(13)18(30)28(14-3-5-16(6-4-14)32-21(22,23)24)19(31)29(20)15-7-9-25-17(11-15)27-10-2-8-26-27/h2-11,13H,12H2,1H3. The second-order valence-corrected chi connectivity index (χ2v) is 7.65. The van der Waals surface area contributed by atoms with Crippen molar-refractivity contribution in [2.24, 2.45) is 5.92 Å². The van der Waals surface area contributed by atoms with Gasteiger partial charge in [0.15, 0.2) is 5.82 Å². The van der Waals surface area contributed by atoms with Crippen LogP contribution in [0.1, 0.15) is 13.3 Å². The highest BCUT2D eigenvalue weighted by Crippen LogP contribution is 2.55. The zero-order valence-corrected chi connectivity index (χ0v) is 16.7. The number of nitrogens with zero attached hydrogens (tertiary/aromatic N) is 5. The summed E-state index contributed by atoms with van der Waals surface area (Å²) < 4.78 is 42.7. The number of carbonyl (C=O) groups excluding carboxylic acids is 2. The first-order chi connectivity index (χ1) is 15.2. The molecule has 2 aliphatic rings. The van der Waals surface area contributed by atoms with Crippen LogP contribution in [0, 0.1) is 5.92 Å². The van der Waals surface area contributed by atoms with Gasteiger partial charge in [0.25, 0.3) is 5.91 Å². The molecule has 0 bridgehead atoms. The number of halogens is 3. The summed E-state index contributed by atoms with van der Waals surface area (Å²) in [5.74, 6) is -0.469. The van der Waals surface area contributed by atoms with E-state index in [4.69, 9.17) is 0 Å². The summed E-state index contributed by atoms with van der Waals surface area (Å²) in [5.41, 5.74) is -0.398. The first-order valence-corrected chi connectivity index (χ1v) is 9.71. The molecule has 0 radical (unpaired) electrons. The Morgan fingerprint density at radius 1 is 1.09 bits per heavy atom. The number of benzene rings is 1. The van der Waals surface area contributed by atoms with E-state index in [0.29, 0.717) is 17.9 Å². The lowest BCUT2D eigenvalue weighted by Gasteiger charge is -2.22. The smallest absolute Gasteiger partial charge is 0.406 e. The number of rotatable bonds is 4. The van der Waals surface area contributed by atoms with Gasteiger partial charge in [0.1, 0.15) is 11.3 Å². The Morgan fingerprint density at radius 3 is 2.41 bits per heavy atom. The monoisotopic (exact) mass is 443 g/mol. The molecule has 1 saturated carbocycles. The topological polar surface area (TPSA) is 80.6 Å². The van der Waals surface area contributed by atoms with Crippen LogP contribution in [0.5, 0.6) is 5.75 Å². The largest absolute Gasteiger partial charge is 0.573 e. The predicted molar refractivity (Wildman–Crippen MR) is 106 cm³/mol. The highest BCUT2D eigenvalue weighted by atomic mass is 19.4. The molecule has 3 amide bonds. The van der Waals surface area contributed by atoms with E-state index in [1.165, 1.54) is 27.9 Å². The van der Waals surface area contributed by atoms with Crippen molar-refractivity contribution in [2.45, 2.75) is 25.2 Å². The molecule has 5 rings (SSSR count). The molecule has 1 aliphatic heterocycles. The Balaban J connectivity index is 1.50. The van der Waals surface area contributed by atoms with E-state index < -0.39 is 29.6 Å². The van der Waals surface area contributed by atoms with Gasteiger partial charge in [0.2, 0.25) is 0 Å². The molecule has 0 N–H and O–H groups in total. The minimum absolute atomic E-state index is 0.0851. The fourth-order valence-electron chi connectivity index (χ4n) is 4.11. The molecule has 1 saturated heterocycles. The number of aromatic nitrogens is 3. The first kappa shape index (κ1) is 20.0. The Bertz CT molecular complexity index is 1200. The molecule has 2 unspecified atom stereocenters. The average molecular weight is 443 g/mol. The van der Waals surface area contributed by atoms with E-state index in [1.54, 1.807) is 30.6 Å². The van der Waals surface area contributed by atoms with E-state index in [0.717, 1.165) is 17.0 Å². The third-order valence-electron chi connectivity index (χ3n) is 5.68. The Morgan fingerprint density at radius 2 is 1.81 bits per heavy atom. The van der Waals surface area contributed by atoms with Gasteiger partial charge in [0, 0.05) is 24.7 Å². The van der Waals surface area contributed by atoms with Crippen LogP contribution in [-0.4, -0.2) is 38.6 Å². The average Bonchev–Trinajstić information content (AvgIpc) is 3.10. The van der Waals surface area contributed by atoms with Crippen molar-refractivity contribution in [2.75, 3.05) is 9.80 Å². The van der Waals surface area contributed by atoms with Crippen LogP contribution in [0.2, 0.25) is 0 Å². The molecule has 2 atom stereocenters. The Kier molecular flexibility index (Phi) is 4.26. The zero-order chi connectivity index (χ0) is 22.7. The maximum Gasteiger partial charge on any atom is 0.573 e. The second kappa shape index (κ2) is 6.81. The highest BCUT2D eigenvalue weighted by molar-refractivity contribution is 6.31. The maximum atomic E-state index is 13.4. The van der Waals surface area contributed by atoms with Crippen molar-refractivity contribution in [1.29, 1.82) is 0 Å². The Labute approximate surface area is 179 Å². The number of pyridine rings is 1. The summed E-state index contributed by atoms with van der Waals surface area (Å²) >= 11 is 0. The molecule has 3 heterocycles. The van der Waals surface area contributed by atoms with Gasteiger partial charge < -0.3 is 4.74 Å². The van der Waals surface area contributed by atoms with Crippen LogP contribution in [0.4, 0.5) is 29.3 Å². The van der Waals surface area contributed by atoms with Crippen LogP contribution >= 0.6 is 0 Å². The number of hydrogen-bond acceptors (Lipinski definition) is 5. The molecule has 11 heteroatoms. The molecular formula is C21H16F3N5O3. The van der Waals surface area contributed by atoms with E-state index in [1.807, 2.05) is 6.92 Å². The number of amides is 3. The number of carbonyl (C=O) groups is 2. The summed E-state index contributed by atoms with van der Waals surface area (Å²) in [4.78, 5) is 33.4. The van der Waals surface area contributed by atoms with Gasteiger partial charge in [-0.15, -0.1) is 13.2 Å². The summed E-state index contributed by atoms with van der Waals surface area (Å²) in [7, 11) is 0. The third kappa shape index (κ3) is 3.08. The van der Waals surface area contributed by atoms with Crippen molar-refractivity contribution >= 4 is 23.3 Å². The molecule has 1 aliphatic carbocycles. The number of anilines is 2. The first-order valence-electron chi connectivity index (χ1n) is 9.71. The molecular weight excluding hydrogens is 427 g/mol. The van der Waals surface area contributed by atoms with Gasteiger partial charge in [-0.05, 0) is 48.7 Å². The van der Waals surface area contributed by atoms with Crippen molar-refractivity contribution in [1.82, 2.24) is 14.8 Å². The van der Waals surface area contributed by atoms with Gasteiger partial charge in [-0.1, -0.05) is 6.92 Å². The summed E-state index contributed by atoms with van der Waals surface area (Å²) in [6.07, 6.45) is 0.463. The number of hydrogen-bond donors (Lipinski definition) is 0.